The summed E-state index contributed by atoms with van der Waals surface area (Å²) in [6.45, 7) is 1.87. The molecule has 0 unspecified atom stereocenters. The zero-order valence-electron chi connectivity index (χ0n) is 16.5. The van der Waals surface area contributed by atoms with Crippen LogP contribution in [0.1, 0.15) is 49.1 Å². The van der Waals surface area contributed by atoms with Crippen LogP contribution in [0.4, 0.5) is 4.39 Å². The first-order valence-electron chi connectivity index (χ1n) is 10.3. The van der Waals surface area contributed by atoms with Crippen molar-refractivity contribution >= 4 is 0 Å². The molecule has 0 atom stereocenters. The molecule has 0 aromatic carbocycles. The molecule has 29 heavy (non-hydrogen) atoms. The number of ether oxygens (including phenoxy) is 1. The van der Waals surface area contributed by atoms with E-state index in [9.17, 15) is 0 Å². The molecule has 5 rings (SSSR count). The van der Waals surface area contributed by atoms with Gasteiger partial charge in [-0.1, -0.05) is 24.4 Å². The molecule has 0 spiro atoms. The van der Waals surface area contributed by atoms with Gasteiger partial charge in [0.15, 0.2) is 5.76 Å². The molecule has 2 aliphatic carbocycles. The number of aromatic nitrogens is 3. The lowest BCUT2D eigenvalue weighted by atomic mass is 9.74. The summed E-state index contributed by atoms with van der Waals surface area (Å²) in [5.41, 5.74) is 2.06. The van der Waals surface area contributed by atoms with Crippen molar-refractivity contribution in [1.82, 2.24) is 15.1 Å². The normalized spacial score (nSPS) is 24.0. The Labute approximate surface area is 169 Å². The van der Waals surface area contributed by atoms with Crippen molar-refractivity contribution < 1.29 is 13.7 Å². The van der Waals surface area contributed by atoms with Gasteiger partial charge in [-0.25, -0.2) is 9.37 Å². The van der Waals surface area contributed by atoms with Crippen LogP contribution in [0, 0.1) is 12.8 Å². The molecule has 5 nitrogen and oxygen atoms in total. The predicted molar refractivity (Wildman–Crippen MR) is 106 cm³/mol. The summed E-state index contributed by atoms with van der Waals surface area (Å²) in [6, 6.07) is 9.26. The van der Waals surface area contributed by atoms with Gasteiger partial charge in [0.25, 0.3) is 0 Å². The second-order valence-corrected chi connectivity index (χ2v) is 8.37. The van der Waals surface area contributed by atoms with Crippen molar-refractivity contribution in [2.45, 2.75) is 57.2 Å². The number of rotatable bonds is 6. The predicted octanol–water partition coefficient (Wildman–Crippen LogP) is 5.19. The second-order valence-electron chi connectivity index (χ2n) is 8.37. The monoisotopic (exact) mass is 393 g/mol. The summed E-state index contributed by atoms with van der Waals surface area (Å²) in [4.78, 5) is 8.76. The molecular formula is C23H24FN3O2. The van der Waals surface area contributed by atoms with Gasteiger partial charge in [0.2, 0.25) is 5.88 Å². The maximum absolute atomic E-state index is 15.3. The second kappa shape index (κ2) is 7.25. The molecule has 2 fully saturated rings. The minimum Gasteiger partial charge on any atom is -0.474 e. The van der Waals surface area contributed by atoms with Gasteiger partial charge in [-0.3, -0.25) is 4.98 Å². The Morgan fingerprint density at radius 1 is 1.17 bits per heavy atom. The van der Waals surface area contributed by atoms with Gasteiger partial charge < -0.3 is 9.26 Å². The van der Waals surface area contributed by atoms with E-state index in [0.29, 0.717) is 24.5 Å². The van der Waals surface area contributed by atoms with Gasteiger partial charge in [-0.2, -0.15) is 0 Å². The first-order chi connectivity index (χ1) is 14.1. The van der Waals surface area contributed by atoms with Crippen LogP contribution in [-0.4, -0.2) is 21.2 Å². The number of hydrogen-bond acceptors (Lipinski definition) is 5. The van der Waals surface area contributed by atoms with Crippen LogP contribution < -0.4 is 4.74 Å². The highest BCUT2D eigenvalue weighted by atomic mass is 19.1. The SMILES string of the molecule is Cc1cc(-c2ccc(OC3CC(F)(c4ccnc(CC5CCC5)c4)C3)nc2)on1. The Balaban J connectivity index is 1.19. The van der Waals surface area contributed by atoms with E-state index in [4.69, 9.17) is 9.26 Å². The quantitative estimate of drug-likeness (QED) is 0.577. The van der Waals surface area contributed by atoms with Gasteiger partial charge in [-0.05, 0) is 43.0 Å². The highest BCUT2D eigenvalue weighted by molar-refractivity contribution is 5.56. The fourth-order valence-corrected chi connectivity index (χ4v) is 4.11. The van der Waals surface area contributed by atoms with Gasteiger partial charge in [0, 0.05) is 48.6 Å². The Morgan fingerprint density at radius 3 is 2.69 bits per heavy atom. The van der Waals surface area contributed by atoms with Gasteiger partial charge in [-0.15, -0.1) is 0 Å². The third-order valence-corrected chi connectivity index (χ3v) is 6.10. The van der Waals surface area contributed by atoms with Crippen LogP contribution >= 0.6 is 0 Å². The van der Waals surface area contributed by atoms with E-state index in [-0.39, 0.29) is 6.10 Å². The van der Waals surface area contributed by atoms with E-state index in [1.54, 1.807) is 24.5 Å². The minimum atomic E-state index is -1.33. The van der Waals surface area contributed by atoms with Crippen LogP contribution in [0.5, 0.6) is 5.88 Å². The fraction of sp³-hybridized carbons (Fsp3) is 0.435. The summed E-state index contributed by atoms with van der Waals surface area (Å²) in [5, 5.41) is 3.88. The molecule has 0 saturated heterocycles. The zero-order valence-corrected chi connectivity index (χ0v) is 16.5. The van der Waals surface area contributed by atoms with Crippen molar-refractivity contribution in [3.63, 3.8) is 0 Å². The molecule has 0 bridgehead atoms. The van der Waals surface area contributed by atoms with Crippen LogP contribution in [0.25, 0.3) is 11.3 Å². The third-order valence-electron chi connectivity index (χ3n) is 6.10. The van der Waals surface area contributed by atoms with Crippen molar-refractivity contribution in [2.75, 3.05) is 0 Å². The zero-order chi connectivity index (χ0) is 19.8. The standard InChI is InChI=1S/C23H24FN3O2/c1-15-9-21(29-27-15)17-5-6-22(26-14-17)28-20-12-23(24,13-20)18-7-8-25-19(11-18)10-16-3-2-4-16/h5-9,11,14,16,20H,2-4,10,12-13H2,1H3. The lowest BCUT2D eigenvalue weighted by Crippen LogP contribution is -2.44. The van der Waals surface area contributed by atoms with E-state index in [0.717, 1.165) is 34.9 Å². The molecule has 3 aromatic heterocycles. The van der Waals surface area contributed by atoms with Crippen LogP contribution in [-0.2, 0) is 12.1 Å². The summed E-state index contributed by atoms with van der Waals surface area (Å²) in [7, 11) is 0. The highest BCUT2D eigenvalue weighted by Crippen LogP contribution is 2.47. The maximum Gasteiger partial charge on any atom is 0.213 e. The summed E-state index contributed by atoms with van der Waals surface area (Å²) >= 11 is 0. The largest absolute Gasteiger partial charge is 0.474 e. The topological polar surface area (TPSA) is 61.0 Å². The van der Waals surface area contributed by atoms with E-state index >= 15 is 4.39 Å². The molecule has 0 N–H and O–H groups in total. The van der Waals surface area contributed by atoms with Crippen LogP contribution in [0.3, 0.4) is 0 Å². The molecule has 6 heteroatoms. The molecule has 2 aliphatic rings. The lowest BCUT2D eigenvalue weighted by molar-refractivity contribution is -0.0487. The summed E-state index contributed by atoms with van der Waals surface area (Å²) in [5.74, 6) is 1.89. The molecule has 0 aliphatic heterocycles. The number of nitrogens with zero attached hydrogens (tertiary/aromatic N) is 3. The molecule has 3 aromatic rings. The van der Waals surface area contributed by atoms with Crippen LogP contribution in [0.2, 0.25) is 0 Å². The third kappa shape index (κ3) is 3.76. The van der Waals surface area contributed by atoms with Gasteiger partial charge in [0.1, 0.15) is 11.8 Å². The van der Waals surface area contributed by atoms with Crippen molar-refractivity contribution in [3.05, 3.63) is 59.7 Å². The average Bonchev–Trinajstić information content (AvgIpc) is 3.10. The lowest BCUT2D eigenvalue weighted by Gasteiger charge is -2.41. The molecular weight excluding hydrogens is 369 g/mol. The van der Waals surface area contributed by atoms with Crippen molar-refractivity contribution in [1.29, 1.82) is 0 Å². The minimum absolute atomic E-state index is 0.172. The Hall–Kier alpha value is -2.76. The molecule has 0 amide bonds. The van der Waals surface area contributed by atoms with E-state index < -0.39 is 5.67 Å². The fourth-order valence-electron chi connectivity index (χ4n) is 4.11. The first kappa shape index (κ1) is 18.3. The van der Waals surface area contributed by atoms with Crippen molar-refractivity contribution in [3.8, 4) is 17.2 Å². The highest BCUT2D eigenvalue weighted by Gasteiger charge is 2.48. The van der Waals surface area contributed by atoms with Gasteiger partial charge >= 0.3 is 0 Å². The summed E-state index contributed by atoms with van der Waals surface area (Å²) < 4.78 is 26.5. The number of halogens is 1. The number of hydrogen-bond donors (Lipinski definition) is 0. The first-order valence-corrected chi connectivity index (χ1v) is 10.3. The number of aryl methyl sites for hydroxylation is 1. The maximum atomic E-state index is 15.3. The van der Waals surface area contributed by atoms with E-state index in [1.807, 2.05) is 25.1 Å². The Bertz CT molecular complexity index is 991. The van der Waals surface area contributed by atoms with Crippen molar-refractivity contribution in [2.24, 2.45) is 5.92 Å². The molecule has 2 saturated carbocycles. The Kier molecular flexibility index (Phi) is 4.57. The van der Waals surface area contributed by atoms with Gasteiger partial charge in [0.05, 0.1) is 5.69 Å². The molecule has 150 valence electrons. The summed E-state index contributed by atoms with van der Waals surface area (Å²) in [6.07, 6.45) is 8.74. The van der Waals surface area contributed by atoms with E-state index in [1.165, 1.54) is 19.3 Å². The number of pyridine rings is 2. The van der Waals surface area contributed by atoms with E-state index in [2.05, 4.69) is 15.1 Å². The molecule has 3 heterocycles. The smallest absolute Gasteiger partial charge is 0.213 e. The number of alkyl halides is 1. The average molecular weight is 393 g/mol. The molecule has 0 radical (unpaired) electrons. The Morgan fingerprint density at radius 2 is 2.03 bits per heavy atom. The van der Waals surface area contributed by atoms with Crippen LogP contribution in [0.15, 0.2) is 47.2 Å².